The summed E-state index contributed by atoms with van der Waals surface area (Å²) in [7, 11) is 0. The second kappa shape index (κ2) is 13.9. The van der Waals surface area contributed by atoms with Crippen molar-refractivity contribution in [3.63, 3.8) is 0 Å². The average Bonchev–Trinajstić information content (AvgIpc) is 2.93. The molecule has 0 spiro atoms. The molecule has 0 heterocycles. The number of carbonyl (C=O) groups is 4. The van der Waals surface area contributed by atoms with Gasteiger partial charge in [-0.25, -0.2) is 10.2 Å². The highest BCUT2D eigenvalue weighted by molar-refractivity contribution is 6.39. The number of anilines is 1. The smallest absolute Gasteiger partial charge is 0.338 e. The van der Waals surface area contributed by atoms with E-state index in [0.717, 1.165) is 5.56 Å². The third kappa shape index (κ3) is 8.59. The minimum Gasteiger partial charge on any atom is -0.484 e. The Bertz CT molecular complexity index is 1270. The Kier molecular flexibility index (Phi) is 10.1. The van der Waals surface area contributed by atoms with Crippen LogP contribution >= 0.6 is 0 Å². The van der Waals surface area contributed by atoms with Crippen LogP contribution in [0.5, 0.6) is 5.75 Å². The number of rotatable bonds is 10. The van der Waals surface area contributed by atoms with Gasteiger partial charge in [0.05, 0.1) is 24.4 Å². The maximum atomic E-state index is 12.2. The first-order valence-electron chi connectivity index (χ1n) is 11.8. The predicted molar refractivity (Wildman–Crippen MR) is 142 cm³/mol. The number of hydrazone groups is 1. The van der Waals surface area contributed by atoms with E-state index >= 15 is 0 Å². The van der Waals surface area contributed by atoms with Crippen LogP contribution in [0.15, 0.2) is 84.0 Å². The maximum Gasteiger partial charge on any atom is 0.338 e. The summed E-state index contributed by atoms with van der Waals surface area (Å²) in [6.07, 6.45) is 1.36. The molecule has 3 aromatic carbocycles. The summed E-state index contributed by atoms with van der Waals surface area (Å²) < 4.78 is 10.4. The van der Waals surface area contributed by atoms with E-state index in [0.29, 0.717) is 22.6 Å². The van der Waals surface area contributed by atoms with Gasteiger partial charge < -0.3 is 20.1 Å². The molecule has 38 heavy (non-hydrogen) atoms. The highest BCUT2D eigenvalue weighted by Gasteiger charge is 2.14. The first kappa shape index (κ1) is 27.6. The highest BCUT2D eigenvalue weighted by Crippen LogP contribution is 2.13. The normalized spacial score (nSPS) is 11.3. The quantitative estimate of drug-likeness (QED) is 0.164. The van der Waals surface area contributed by atoms with E-state index in [1.165, 1.54) is 30.5 Å². The summed E-state index contributed by atoms with van der Waals surface area (Å²) in [4.78, 5) is 47.9. The molecular formula is C28H28N4O6. The summed E-state index contributed by atoms with van der Waals surface area (Å²) in [5.41, 5.74) is 4.44. The number of hydrogen-bond acceptors (Lipinski definition) is 7. The molecule has 3 amide bonds. The monoisotopic (exact) mass is 516 g/mol. The lowest BCUT2D eigenvalue weighted by molar-refractivity contribution is -0.136. The molecule has 0 saturated heterocycles. The summed E-state index contributed by atoms with van der Waals surface area (Å²) in [5.74, 6) is -2.12. The van der Waals surface area contributed by atoms with Crippen LogP contribution < -0.4 is 20.8 Å². The van der Waals surface area contributed by atoms with Crippen molar-refractivity contribution in [2.45, 2.75) is 19.9 Å². The first-order valence-corrected chi connectivity index (χ1v) is 11.8. The van der Waals surface area contributed by atoms with Gasteiger partial charge >= 0.3 is 17.8 Å². The molecule has 0 bridgehead atoms. The van der Waals surface area contributed by atoms with Crippen LogP contribution in [0, 0.1) is 0 Å². The summed E-state index contributed by atoms with van der Waals surface area (Å²) in [6.45, 7) is 3.72. The molecular weight excluding hydrogens is 488 g/mol. The zero-order valence-electron chi connectivity index (χ0n) is 21.0. The SMILES string of the molecule is CCOC(=O)c1ccc(NC(=O)C(=O)N/N=C/c2ccc(OCC(=O)NC(C)c3ccccc3)cc2)cc1. The number of benzene rings is 3. The molecule has 0 saturated carbocycles. The molecule has 3 rings (SSSR count). The van der Waals surface area contributed by atoms with Crippen LogP contribution in [0.2, 0.25) is 0 Å². The van der Waals surface area contributed by atoms with Crippen LogP contribution in [0.4, 0.5) is 5.69 Å². The highest BCUT2D eigenvalue weighted by atomic mass is 16.5. The van der Waals surface area contributed by atoms with Gasteiger partial charge in [0.25, 0.3) is 5.91 Å². The average molecular weight is 517 g/mol. The Morgan fingerprint density at radius 3 is 2.24 bits per heavy atom. The fraction of sp³-hybridized carbons (Fsp3) is 0.179. The van der Waals surface area contributed by atoms with Gasteiger partial charge in [-0.05, 0) is 73.5 Å². The van der Waals surface area contributed by atoms with Crippen LogP contribution in [-0.4, -0.2) is 43.1 Å². The van der Waals surface area contributed by atoms with Crippen molar-refractivity contribution in [1.29, 1.82) is 0 Å². The van der Waals surface area contributed by atoms with E-state index in [1.807, 2.05) is 37.3 Å². The summed E-state index contributed by atoms with van der Waals surface area (Å²) >= 11 is 0. The third-order valence-corrected chi connectivity index (χ3v) is 5.17. The van der Waals surface area contributed by atoms with Crippen molar-refractivity contribution >= 4 is 35.6 Å². The molecule has 3 aromatic rings. The van der Waals surface area contributed by atoms with Crippen molar-refractivity contribution in [3.05, 3.63) is 95.6 Å². The number of nitrogens with one attached hydrogen (secondary N) is 3. The van der Waals surface area contributed by atoms with Crippen molar-refractivity contribution in [2.75, 3.05) is 18.5 Å². The van der Waals surface area contributed by atoms with E-state index in [-0.39, 0.29) is 25.2 Å². The molecule has 0 radical (unpaired) electrons. The predicted octanol–water partition coefficient (Wildman–Crippen LogP) is 3.21. The summed E-state index contributed by atoms with van der Waals surface area (Å²) in [5, 5.41) is 9.07. The number of nitrogens with zero attached hydrogens (tertiary/aromatic N) is 1. The van der Waals surface area contributed by atoms with E-state index in [4.69, 9.17) is 9.47 Å². The number of esters is 1. The van der Waals surface area contributed by atoms with Crippen LogP contribution in [0.3, 0.4) is 0 Å². The van der Waals surface area contributed by atoms with E-state index < -0.39 is 17.8 Å². The zero-order chi connectivity index (χ0) is 27.3. The number of hydrogen-bond donors (Lipinski definition) is 3. The molecule has 10 heteroatoms. The molecule has 10 nitrogen and oxygen atoms in total. The zero-order valence-corrected chi connectivity index (χ0v) is 21.0. The van der Waals surface area contributed by atoms with Gasteiger partial charge in [0, 0.05) is 5.69 Å². The molecule has 0 aliphatic carbocycles. The molecule has 1 unspecified atom stereocenters. The van der Waals surface area contributed by atoms with Crippen LogP contribution in [0.25, 0.3) is 0 Å². The molecule has 196 valence electrons. The van der Waals surface area contributed by atoms with Gasteiger partial charge in [-0.3, -0.25) is 14.4 Å². The van der Waals surface area contributed by atoms with Gasteiger partial charge in [-0.1, -0.05) is 30.3 Å². The maximum absolute atomic E-state index is 12.2. The molecule has 0 aromatic heterocycles. The van der Waals surface area contributed by atoms with Crippen molar-refractivity contribution < 1.29 is 28.7 Å². The van der Waals surface area contributed by atoms with Crippen LogP contribution in [0.1, 0.15) is 41.4 Å². The van der Waals surface area contributed by atoms with Gasteiger partial charge in [-0.15, -0.1) is 0 Å². The fourth-order valence-electron chi connectivity index (χ4n) is 3.22. The Hall–Kier alpha value is -4.99. The standard InChI is InChI=1S/C28H28N4O6/c1-3-37-28(36)22-11-13-23(14-12-22)31-26(34)27(35)32-29-17-20-9-15-24(16-10-20)38-18-25(33)30-19(2)21-7-5-4-6-8-21/h4-17,19H,3,18H2,1-2H3,(H,30,33)(H,31,34)(H,32,35)/b29-17+. The number of carbonyl (C=O) groups excluding carboxylic acids is 4. The van der Waals surface area contributed by atoms with Crippen LogP contribution in [-0.2, 0) is 19.1 Å². The fourth-order valence-corrected chi connectivity index (χ4v) is 3.22. The van der Waals surface area contributed by atoms with E-state index in [1.54, 1.807) is 31.2 Å². The second-order valence-electron chi connectivity index (χ2n) is 8.01. The lowest BCUT2D eigenvalue weighted by Gasteiger charge is -2.14. The van der Waals surface area contributed by atoms with Crippen molar-refractivity contribution in [3.8, 4) is 5.75 Å². The lowest BCUT2D eigenvalue weighted by atomic mass is 10.1. The third-order valence-electron chi connectivity index (χ3n) is 5.17. The van der Waals surface area contributed by atoms with E-state index in [2.05, 4.69) is 21.2 Å². The Morgan fingerprint density at radius 2 is 1.58 bits per heavy atom. The molecule has 1 atom stereocenters. The first-order chi connectivity index (χ1) is 18.4. The largest absolute Gasteiger partial charge is 0.484 e. The van der Waals surface area contributed by atoms with Crippen molar-refractivity contribution in [2.24, 2.45) is 5.10 Å². The van der Waals surface area contributed by atoms with Gasteiger partial charge in [0.1, 0.15) is 5.75 Å². The molecule has 0 fully saturated rings. The topological polar surface area (TPSA) is 135 Å². The molecule has 0 aliphatic heterocycles. The Labute approximate surface area is 220 Å². The molecule has 3 N–H and O–H groups in total. The number of ether oxygens (including phenoxy) is 2. The minimum absolute atomic E-state index is 0.138. The Balaban J connectivity index is 1.41. The lowest BCUT2D eigenvalue weighted by Crippen LogP contribution is -2.32. The second-order valence-corrected chi connectivity index (χ2v) is 8.01. The minimum atomic E-state index is -0.966. The van der Waals surface area contributed by atoms with Crippen molar-refractivity contribution in [1.82, 2.24) is 10.7 Å². The van der Waals surface area contributed by atoms with Gasteiger partial charge in [0.15, 0.2) is 6.61 Å². The van der Waals surface area contributed by atoms with E-state index in [9.17, 15) is 19.2 Å². The van der Waals surface area contributed by atoms with Gasteiger partial charge in [-0.2, -0.15) is 5.10 Å². The van der Waals surface area contributed by atoms with Gasteiger partial charge in [0.2, 0.25) is 0 Å². The molecule has 0 aliphatic rings. The number of amides is 3. The Morgan fingerprint density at radius 1 is 0.895 bits per heavy atom. The summed E-state index contributed by atoms with van der Waals surface area (Å²) in [6, 6.07) is 22.1.